The SMILES string of the molecule is O=C(O)COc1cccc2c1CCC(=CCON=C(c1ccccc1)c1cccnc1)C2. The van der Waals surface area contributed by atoms with Crippen molar-refractivity contribution in [1.29, 1.82) is 0 Å². The number of carboxylic acids is 1. The molecule has 0 atom stereocenters. The highest BCUT2D eigenvalue weighted by Gasteiger charge is 2.17. The Morgan fingerprint density at radius 2 is 1.88 bits per heavy atom. The maximum Gasteiger partial charge on any atom is 0.341 e. The van der Waals surface area contributed by atoms with Gasteiger partial charge in [-0.05, 0) is 54.7 Å². The van der Waals surface area contributed by atoms with E-state index in [2.05, 4.69) is 22.3 Å². The molecule has 2 aromatic carbocycles. The molecule has 162 valence electrons. The van der Waals surface area contributed by atoms with Gasteiger partial charge in [-0.15, -0.1) is 0 Å². The van der Waals surface area contributed by atoms with E-state index in [0.29, 0.717) is 12.4 Å². The quantitative estimate of drug-likeness (QED) is 0.248. The number of nitrogens with zero attached hydrogens (tertiary/aromatic N) is 2. The van der Waals surface area contributed by atoms with Crippen LogP contribution in [0.2, 0.25) is 0 Å². The van der Waals surface area contributed by atoms with Gasteiger partial charge in [0.15, 0.2) is 6.61 Å². The van der Waals surface area contributed by atoms with E-state index in [0.717, 1.165) is 47.2 Å². The largest absolute Gasteiger partial charge is 0.482 e. The number of carboxylic acid groups (broad SMARTS) is 1. The molecule has 1 aliphatic rings. The fraction of sp³-hybridized carbons (Fsp3) is 0.192. The van der Waals surface area contributed by atoms with Crippen LogP contribution in [0, 0.1) is 0 Å². The Balaban J connectivity index is 1.43. The normalized spacial score (nSPS) is 14.6. The van der Waals surface area contributed by atoms with E-state index >= 15 is 0 Å². The fourth-order valence-corrected chi connectivity index (χ4v) is 3.76. The zero-order valence-electron chi connectivity index (χ0n) is 17.6. The molecular formula is C26H24N2O4. The molecule has 0 saturated heterocycles. The van der Waals surface area contributed by atoms with Crippen molar-refractivity contribution in [3.8, 4) is 5.75 Å². The molecule has 1 aliphatic carbocycles. The van der Waals surface area contributed by atoms with E-state index in [9.17, 15) is 4.79 Å². The predicted molar refractivity (Wildman–Crippen MR) is 122 cm³/mol. The number of allylic oxidation sites excluding steroid dienone is 1. The lowest BCUT2D eigenvalue weighted by atomic mass is 9.87. The van der Waals surface area contributed by atoms with E-state index in [1.165, 1.54) is 5.57 Å². The minimum absolute atomic E-state index is 0.328. The summed E-state index contributed by atoms with van der Waals surface area (Å²) in [5, 5.41) is 13.3. The summed E-state index contributed by atoms with van der Waals surface area (Å²) >= 11 is 0. The third-order valence-corrected chi connectivity index (χ3v) is 5.28. The Morgan fingerprint density at radius 1 is 1.03 bits per heavy atom. The van der Waals surface area contributed by atoms with E-state index in [4.69, 9.17) is 14.7 Å². The Labute approximate surface area is 186 Å². The highest BCUT2D eigenvalue weighted by molar-refractivity contribution is 6.12. The Hall–Kier alpha value is -3.93. The van der Waals surface area contributed by atoms with Crippen LogP contribution in [-0.2, 0) is 22.5 Å². The molecule has 0 saturated carbocycles. The molecule has 0 unspecified atom stereocenters. The van der Waals surface area contributed by atoms with Crippen molar-refractivity contribution >= 4 is 11.7 Å². The first-order valence-corrected chi connectivity index (χ1v) is 10.5. The number of oxime groups is 1. The zero-order chi connectivity index (χ0) is 22.2. The zero-order valence-corrected chi connectivity index (χ0v) is 17.6. The summed E-state index contributed by atoms with van der Waals surface area (Å²) in [4.78, 5) is 20.7. The summed E-state index contributed by atoms with van der Waals surface area (Å²) < 4.78 is 5.44. The van der Waals surface area contributed by atoms with Crippen molar-refractivity contribution in [2.24, 2.45) is 5.16 Å². The van der Waals surface area contributed by atoms with Crippen LogP contribution in [0.4, 0.5) is 0 Å². The lowest BCUT2D eigenvalue weighted by Gasteiger charge is -2.21. The van der Waals surface area contributed by atoms with Crippen molar-refractivity contribution in [2.75, 3.05) is 13.2 Å². The Bertz CT molecular complexity index is 1080. The van der Waals surface area contributed by atoms with Gasteiger partial charge in [0.25, 0.3) is 0 Å². The van der Waals surface area contributed by atoms with Crippen molar-refractivity contribution in [3.05, 3.63) is 107 Å². The molecule has 0 fully saturated rings. The average Bonchev–Trinajstić information content (AvgIpc) is 2.83. The number of fused-ring (bicyclic) bond motifs is 1. The van der Waals surface area contributed by atoms with Gasteiger partial charge >= 0.3 is 5.97 Å². The number of pyridine rings is 1. The number of carbonyl (C=O) groups is 1. The van der Waals surface area contributed by atoms with E-state index in [-0.39, 0.29) is 6.61 Å². The molecule has 0 radical (unpaired) electrons. The molecule has 4 rings (SSSR count). The lowest BCUT2D eigenvalue weighted by Crippen LogP contribution is -2.13. The Kier molecular flexibility index (Phi) is 6.92. The maximum absolute atomic E-state index is 10.8. The van der Waals surface area contributed by atoms with Crippen molar-refractivity contribution in [2.45, 2.75) is 19.3 Å². The van der Waals surface area contributed by atoms with Crippen LogP contribution in [-0.4, -0.2) is 35.0 Å². The highest BCUT2D eigenvalue weighted by Crippen LogP contribution is 2.31. The summed E-state index contributed by atoms with van der Waals surface area (Å²) in [6.45, 7) is 0.0438. The minimum atomic E-state index is -0.974. The third kappa shape index (κ3) is 5.40. The van der Waals surface area contributed by atoms with E-state index < -0.39 is 5.97 Å². The van der Waals surface area contributed by atoms with Crippen molar-refractivity contribution in [1.82, 2.24) is 4.98 Å². The maximum atomic E-state index is 10.8. The van der Waals surface area contributed by atoms with Crippen LogP contribution >= 0.6 is 0 Å². The summed E-state index contributed by atoms with van der Waals surface area (Å²) in [7, 11) is 0. The van der Waals surface area contributed by atoms with Crippen LogP contribution in [0.3, 0.4) is 0 Å². The number of ether oxygens (including phenoxy) is 1. The van der Waals surface area contributed by atoms with Crippen LogP contribution in [0.5, 0.6) is 5.75 Å². The van der Waals surface area contributed by atoms with Gasteiger partial charge in [0, 0.05) is 23.5 Å². The number of benzene rings is 2. The summed E-state index contributed by atoms with van der Waals surface area (Å²) in [6, 6.07) is 19.5. The van der Waals surface area contributed by atoms with Gasteiger partial charge in [0.05, 0.1) is 0 Å². The molecule has 1 aromatic heterocycles. The third-order valence-electron chi connectivity index (χ3n) is 5.28. The van der Waals surface area contributed by atoms with Crippen molar-refractivity contribution in [3.63, 3.8) is 0 Å². The second-order valence-electron chi connectivity index (χ2n) is 7.46. The molecule has 1 N–H and O–H groups in total. The Morgan fingerprint density at radius 3 is 2.66 bits per heavy atom. The summed E-state index contributed by atoms with van der Waals surface area (Å²) in [5.41, 5.74) is 6.12. The van der Waals surface area contributed by atoms with Crippen LogP contribution in [0.25, 0.3) is 0 Å². The first-order chi connectivity index (χ1) is 15.7. The van der Waals surface area contributed by atoms with Gasteiger partial charge in [-0.3, -0.25) is 4.98 Å². The smallest absolute Gasteiger partial charge is 0.341 e. The number of aromatic nitrogens is 1. The molecule has 0 spiro atoms. The van der Waals surface area contributed by atoms with Gasteiger partial charge in [0.1, 0.15) is 18.1 Å². The lowest BCUT2D eigenvalue weighted by molar-refractivity contribution is -0.139. The van der Waals surface area contributed by atoms with Gasteiger partial charge < -0.3 is 14.7 Å². The van der Waals surface area contributed by atoms with Gasteiger partial charge in [0.2, 0.25) is 0 Å². The van der Waals surface area contributed by atoms with Crippen molar-refractivity contribution < 1.29 is 19.5 Å². The molecule has 1 heterocycles. The second-order valence-corrected chi connectivity index (χ2v) is 7.46. The van der Waals surface area contributed by atoms with E-state index in [1.807, 2.05) is 54.6 Å². The van der Waals surface area contributed by atoms with Crippen LogP contribution in [0.1, 0.15) is 28.7 Å². The second kappa shape index (κ2) is 10.4. The standard InChI is InChI=1S/C26H24N2O4/c29-25(30)18-31-24-10-4-8-21-16-19(11-12-23(21)24)13-15-32-28-26(20-6-2-1-3-7-20)22-9-5-14-27-17-22/h1-10,13-14,17H,11-12,15-16,18H2,(H,29,30). The molecule has 3 aromatic rings. The van der Waals surface area contributed by atoms with Gasteiger partial charge in [-0.1, -0.05) is 53.2 Å². The summed E-state index contributed by atoms with van der Waals surface area (Å²) in [6.07, 6.45) is 8.06. The molecule has 6 heteroatoms. The number of hydrogen-bond donors (Lipinski definition) is 1. The molecule has 0 aliphatic heterocycles. The minimum Gasteiger partial charge on any atom is -0.482 e. The number of hydrogen-bond acceptors (Lipinski definition) is 5. The highest BCUT2D eigenvalue weighted by atomic mass is 16.6. The monoisotopic (exact) mass is 428 g/mol. The topological polar surface area (TPSA) is 81.0 Å². The van der Waals surface area contributed by atoms with Crippen LogP contribution in [0.15, 0.2) is 89.9 Å². The number of aliphatic carboxylic acids is 1. The van der Waals surface area contributed by atoms with Gasteiger partial charge in [-0.25, -0.2) is 4.79 Å². The molecule has 0 amide bonds. The van der Waals surface area contributed by atoms with Gasteiger partial charge in [-0.2, -0.15) is 0 Å². The molecular weight excluding hydrogens is 404 g/mol. The first-order valence-electron chi connectivity index (χ1n) is 10.5. The molecule has 0 bridgehead atoms. The average molecular weight is 428 g/mol. The number of rotatable bonds is 8. The predicted octanol–water partition coefficient (Wildman–Crippen LogP) is 4.43. The molecule has 6 nitrogen and oxygen atoms in total. The first kappa shape index (κ1) is 21.3. The molecule has 32 heavy (non-hydrogen) atoms. The fourth-order valence-electron chi connectivity index (χ4n) is 3.76. The van der Waals surface area contributed by atoms with E-state index in [1.54, 1.807) is 12.4 Å². The van der Waals surface area contributed by atoms with Crippen LogP contribution < -0.4 is 4.74 Å². The summed E-state index contributed by atoms with van der Waals surface area (Å²) in [5.74, 6) is -0.313.